The summed E-state index contributed by atoms with van der Waals surface area (Å²) in [6.45, 7) is 13.4. The van der Waals surface area contributed by atoms with Crippen molar-refractivity contribution < 1.29 is 4.74 Å². The molecule has 11 heteroatoms. The molecule has 0 saturated carbocycles. The Bertz CT molecular complexity index is 1360. The molecular weight excluding hydrogens is 665 g/mol. The van der Waals surface area contributed by atoms with Crippen LogP contribution in [0.4, 0.5) is 28.8 Å². The third-order valence-corrected chi connectivity index (χ3v) is 10.6. The van der Waals surface area contributed by atoms with Crippen molar-refractivity contribution in [3.63, 3.8) is 0 Å². The Hall–Kier alpha value is -1.97. The first kappa shape index (κ1) is 30.5. The van der Waals surface area contributed by atoms with Gasteiger partial charge in [0.1, 0.15) is 11.6 Å². The first-order chi connectivity index (χ1) is 19.7. The van der Waals surface area contributed by atoms with Gasteiger partial charge in [0.15, 0.2) is 0 Å². The number of nitrogens with one attached hydrogen (secondary N) is 2. The van der Waals surface area contributed by atoms with Crippen molar-refractivity contribution >= 4 is 73.9 Å². The molecule has 2 aliphatic rings. The third-order valence-electron chi connectivity index (χ3n) is 8.01. The average Bonchev–Trinajstić information content (AvgIpc) is 2.96. The van der Waals surface area contributed by atoms with E-state index in [4.69, 9.17) is 9.72 Å². The van der Waals surface area contributed by atoms with E-state index in [0.717, 1.165) is 44.8 Å². The predicted molar refractivity (Wildman–Crippen MR) is 181 cm³/mol. The Morgan fingerprint density at radius 1 is 0.927 bits per heavy atom. The molecule has 220 valence electrons. The van der Waals surface area contributed by atoms with Crippen LogP contribution in [0.1, 0.15) is 18.4 Å². The molecule has 2 saturated heterocycles. The van der Waals surface area contributed by atoms with E-state index in [0.29, 0.717) is 17.8 Å². The molecule has 2 fully saturated rings. The number of anilines is 5. The number of benzene rings is 2. The van der Waals surface area contributed by atoms with Crippen molar-refractivity contribution in [1.82, 2.24) is 19.8 Å². The molecule has 1 aromatic heterocycles. The zero-order valence-corrected chi connectivity index (χ0v) is 28.6. The fraction of sp³-hybridized carbons (Fsp3) is 0.467. The first-order valence-corrected chi connectivity index (χ1v) is 17.9. The van der Waals surface area contributed by atoms with Gasteiger partial charge in [-0.25, -0.2) is 4.98 Å². The molecule has 2 N–H and O–H groups in total. The number of piperazine rings is 1. The molecule has 3 heterocycles. The number of nitrogens with zero attached hydrogens (tertiary/aromatic N) is 5. The molecule has 5 rings (SSSR count). The number of rotatable bonds is 8. The van der Waals surface area contributed by atoms with Crippen LogP contribution in [0.3, 0.4) is 0 Å². The zero-order valence-electron chi connectivity index (χ0n) is 24.5. The average molecular weight is 705 g/mol. The Balaban J connectivity index is 1.30. The van der Waals surface area contributed by atoms with E-state index in [9.17, 15) is 0 Å². The second-order valence-corrected chi connectivity index (χ2v) is 15.1. The second kappa shape index (κ2) is 13.6. The Morgan fingerprint density at radius 3 is 2.34 bits per heavy atom. The molecular formula is C30H40Br2N7OP. The summed E-state index contributed by atoms with van der Waals surface area (Å²) in [5.74, 6) is 1.96. The maximum Gasteiger partial charge on any atom is 0.229 e. The van der Waals surface area contributed by atoms with E-state index >= 15 is 0 Å². The number of aromatic nitrogens is 2. The lowest BCUT2D eigenvalue weighted by Crippen LogP contribution is -2.52. The lowest BCUT2D eigenvalue weighted by Gasteiger charge is -2.42. The van der Waals surface area contributed by atoms with Crippen LogP contribution >= 0.6 is 39.8 Å². The van der Waals surface area contributed by atoms with Crippen molar-refractivity contribution in [3.05, 3.63) is 51.0 Å². The Labute approximate surface area is 262 Å². The third kappa shape index (κ3) is 7.34. The minimum atomic E-state index is -0.280. The van der Waals surface area contributed by atoms with Gasteiger partial charge in [-0.3, -0.25) is 4.90 Å². The molecule has 0 atom stereocenters. The van der Waals surface area contributed by atoms with E-state index in [1.807, 2.05) is 0 Å². The van der Waals surface area contributed by atoms with Gasteiger partial charge in [0.05, 0.1) is 23.0 Å². The SMILES string of the molecule is COc1cc(N2CCC(N3CCN(C)CC3)CC2)c(Br)cc1Nc1ncc(Br)c(Nc2ccc(C)cc2P(C)C)n1. The van der Waals surface area contributed by atoms with Crippen LogP contribution in [0, 0.1) is 6.92 Å². The number of aryl methyl sites for hydroxylation is 1. The van der Waals surface area contributed by atoms with Crippen LogP contribution < -0.4 is 25.6 Å². The van der Waals surface area contributed by atoms with Crippen LogP contribution in [-0.4, -0.2) is 92.6 Å². The topological polar surface area (TPSA) is 68.8 Å². The highest BCUT2D eigenvalue weighted by Gasteiger charge is 2.28. The maximum absolute atomic E-state index is 5.83. The number of hydrogen-bond acceptors (Lipinski definition) is 8. The summed E-state index contributed by atoms with van der Waals surface area (Å²) in [5, 5.41) is 8.22. The fourth-order valence-electron chi connectivity index (χ4n) is 5.59. The van der Waals surface area contributed by atoms with Gasteiger partial charge in [0.2, 0.25) is 5.95 Å². The number of halogens is 2. The normalized spacial score (nSPS) is 17.2. The minimum Gasteiger partial charge on any atom is -0.494 e. The monoisotopic (exact) mass is 703 g/mol. The summed E-state index contributed by atoms with van der Waals surface area (Å²) in [5.41, 5.74) is 4.29. The van der Waals surface area contributed by atoms with Crippen molar-refractivity contribution in [1.29, 1.82) is 0 Å². The van der Waals surface area contributed by atoms with Gasteiger partial charge in [-0.05, 0) is 95.5 Å². The van der Waals surface area contributed by atoms with Gasteiger partial charge in [-0.1, -0.05) is 19.6 Å². The predicted octanol–water partition coefficient (Wildman–Crippen LogP) is 6.39. The van der Waals surface area contributed by atoms with E-state index in [1.165, 1.54) is 49.9 Å². The highest BCUT2D eigenvalue weighted by molar-refractivity contribution is 9.11. The standard InChI is InChI=1S/C30H40Br2N7OP/c1-20-6-7-24(28(16-20)41(4)5)34-29-23(32)19-33-30(36-29)35-25-17-22(31)26(18-27(25)40-3)39-10-8-21(9-11-39)38-14-12-37(2)13-15-38/h6-7,16-19,21H,8-15H2,1-5H3,(H2,33,34,35,36). The molecule has 0 radical (unpaired) electrons. The number of hydrogen-bond donors (Lipinski definition) is 2. The molecule has 3 aromatic rings. The molecule has 2 aliphatic heterocycles. The lowest BCUT2D eigenvalue weighted by atomic mass is 10.0. The highest BCUT2D eigenvalue weighted by atomic mass is 79.9. The molecule has 8 nitrogen and oxygen atoms in total. The highest BCUT2D eigenvalue weighted by Crippen LogP contribution is 2.39. The first-order valence-electron chi connectivity index (χ1n) is 14.1. The van der Waals surface area contributed by atoms with Gasteiger partial charge in [-0.15, -0.1) is 0 Å². The molecule has 41 heavy (non-hydrogen) atoms. The van der Waals surface area contributed by atoms with E-state index in [2.05, 4.69) is 120 Å². The largest absolute Gasteiger partial charge is 0.494 e. The summed E-state index contributed by atoms with van der Waals surface area (Å²) >= 11 is 7.47. The van der Waals surface area contributed by atoms with Crippen molar-refractivity contribution in [2.45, 2.75) is 25.8 Å². The smallest absolute Gasteiger partial charge is 0.229 e. The van der Waals surface area contributed by atoms with Gasteiger partial charge >= 0.3 is 0 Å². The molecule has 2 aromatic carbocycles. The van der Waals surface area contributed by atoms with Crippen molar-refractivity contribution in [2.75, 3.05) is 82.3 Å². The number of methoxy groups -OCH3 is 1. The van der Waals surface area contributed by atoms with Crippen molar-refractivity contribution in [2.24, 2.45) is 0 Å². The summed E-state index contributed by atoms with van der Waals surface area (Å²) in [6.07, 6.45) is 4.13. The Kier molecular flexibility index (Phi) is 10.1. The number of piperidine rings is 1. The van der Waals surface area contributed by atoms with Gasteiger partial charge in [0, 0.05) is 67.7 Å². The minimum absolute atomic E-state index is 0.280. The number of ether oxygens (including phenoxy) is 1. The van der Waals surface area contributed by atoms with Crippen LogP contribution in [-0.2, 0) is 0 Å². The molecule has 0 unspecified atom stereocenters. The molecule has 0 spiro atoms. The molecule has 0 aliphatic carbocycles. The van der Waals surface area contributed by atoms with Gasteiger partial charge in [0.25, 0.3) is 0 Å². The molecule has 0 bridgehead atoms. The fourth-order valence-corrected chi connectivity index (χ4v) is 7.55. The van der Waals surface area contributed by atoms with Gasteiger partial charge in [-0.2, -0.15) is 4.98 Å². The van der Waals surface area contributed by atoms with Gasteiger partial charge < -0.3 is 25.2 Å². The van der Waals surface area contributed by atoms with Crippen LogP contribution in [0.5, 0.6) is 5.75 Å². The maximum atomic E-state index is 5.83. The quantitative estimate of drug-likeness (QED) is 0.262. The molecule has 0 amide bonds. The van der Waals surface area contributed by atoms with Crippen molar-refractivity contribution in [3.8, 4) is 5.75 Å². The number of likely N-dealkylation sites (N-methyl/N-ethyl adjacent to an activating group) is 1. The van der Waals surface area contributed by atoms with E-state index < -0.39 is 0 Å². The lowest BCUT2D eigenvalue weighted by molar-refractivity contribution is 0.0982. The van der Waals surface area contributed by atoms with Crippen LogP contribution in [0.2, 0.25) is 0 Å². The summed E-state index contributed by atoms with van der Waals surface area (Å²) < 4.78 is 7.66. The van der Waals surface area contributed by atoms with E-state index in [-0.39, 0.29) is 7.92 Å². The summed E-state index contributed by atoms with van der Waals surface area (Å²) in [4.78, 5) is 16.9. The Morgan fingerprint density at radius 2 is 1.66 bits per heavy atom. The van der Waals surface area contributed by atoms with E-state index in [1.54, 1.807) is 13.3 Å². The summed E-state index contributed by atoms with van der Waals surface area (Å²) in [7, 11) is 3.65. The summed E-state index contributed by atoms with van der Waals surface area (Å²) in [6, 6.07) is 11.4. The zero-order chi connectivity index (χ0) is 29.1. The van der Waals surface area contributed by atoms with Crippen LogP contribution in [0.15, 0.2) is 45.5 Å². The van der Waals surface area contributed by atoms with Crippen LogP contribution in [0.25, 0.3) is 0 Å². The second-order valence-electron chi connectivity index (χ2n) is 11.1.